The number of rotatable bonds is 4. The van der Waals surface area contributed by atoms with Gasteiger partial charge in [0.15, 0.2) is 0 Å². The molecule has 1 N–H and O–H groups in total. The van der Waals surface area contributed by atoms with E-state index in [1.54, 1.807) is 6.92 Å². The van der Waals surface area contributed by atoms with Crippen molar-refractivity contribution in [1.29, 1.82) is 0 Å². The van der Waals surface area contributed by atoms with Gasteiger partial charge in [-0.05, 0) is 49.3 Å². The number of hydrogen-bond donors (Lipinski definition) is 1. The minimum Gasteiger partial charge on any atom is -0.481 e. The van der Waals surface area contributed by atoms with Crippen molar-refractivity contribution >= 4 is 11.7 Å². The summed E-state index contributed by atoms with van der Waals surface area (Å²) >= 11 is 0. The fraction of sp³-hybridized carbons (Fsp3) is 0.562. The summed E-state index contributed by atoms with van der Waals surface area (Å²) in [6, 6.07) is 7.24. The van der Waals surface area contributed by atoms with Crippen LogP contribution in [0.1, 0.15) is 37.3 Å². The maximum Gasteiger partial charge on any atom is 0.306 e. The summed E-state index contributed by atoms with van der Waals surface area (Å²) in [5.41, 5.74) is 3.94. The smallest absolute Gasteiger partial charge is 0.306 e. The molecule has 0 amide bonds. The third-order valence-corrected chi connectivity index (χ3v) is 4.56. The maximum atomic E-state index is 11.0. The molecule has 0 radical (unpaired) electrons. The van der Waals surface area contributed by atoms with Gasteiger partial charge in [-0.2, -0.15) is 0 Å². The Morgan fingerprint density at radius 2 is 2.26 bits per heavy atom. The van der Waals surface area contributed by atoms with Crippen molar-refractivity contribution in [3.63, 3.8) is 0 Å². The number of aliphatic carboxylic acids is 1. The zero-order valence-electron chi connectivity index (χ0n) is 11.4. The van der Waals surface area contributed by atoms with Crippen LogP contribution in [0.4, 0.5) is 5.69 Å². The molecule has 1 aromatic rings. The number of fused-ring (bicyclic) bond motifs is 1. The van der Waals surface area contributed by atoms with Gasteiger partial charge in [-0.3, -0.25) is 4.79 Å². The van der Waals surface area contributed by atoms with E-state index in [1.165, 1.54) is 30.5 Å². The van der Waals surface area contributed by atoms with E-state index >= 15 is 0 Å². The first-order valence-electron chi connectivity index (χ1n) is 7.26. The Bertz CT molecular complexity index is 494. The quantitative estimate of drug-likeness (QED) is 0.904. The molecular weight excluding hydrogens is 238 g/mol. The van der Waals surface area contributed by atoms with E-state index in [-0.39, 0.29) is 5.92 Å². The zero-order chi connectivity index (χ0) is 13.4. The van der Waals surface area contributed by atoms with Gasteiger partial charge >= 0.3 is 5.97 Å². The molecule has 1 saturated carbocycles. The summed E-state index contributed by atoms with van der Waals surface area (Å²) in [7, 11) is 0. The number of hydrogen-bond acceptors (Lipinski definition) is 2. The van der Waals surface area contributed by atoms with Gasteiger partial charge < -0.3 is 10.0 Å². The lowest BCUT2D eigenvalue weighted by molar-refractivity contribution is -0.141. The molecule has 1 fully saturated rings. The molecule has 3 heteroatoms. The fourth-order valence-corrected chi connectivity index (χ4v) is 3.10. The molecule has 0 aromatic heterocycles. The van der Waals surface area contributed by atoms with Crippen molar-refractivity contribution in [1.82, 2.24) is 0 Å². The molecule has 2 aliphatic rings. The van der Waals surface area contributed by atoms with Crippen LogP contribution >= 0.6 is 0 Å². The van der Waals surface area contributed by atoms with Crippen LogP contribution in [0.15, 0.2) is 18.2 Å². The topological polar surface area (TPSA) is 40.5 Å². The first-order chi connectivity index (χ1) is 9.15. The monoisotopic (exact) mass is 259 g/mol. The summed E-state index contributed by atoms with van der Waals surface area (Å²) in [6.07, 6.45) is 5.75. The van der Waals surface area contributed by atoms with Crippen molar-refractivity contribution in [2.24, 2.45) is 5.92 Å². The highest BCUT2D eigenvalue weighted by Crippen LogP contribution is 2.36. The molecule has 102 valence electrons. The van der Waals surface area contributed by atoms with Crippen molar-refractivity contribution in [3.8, 4) is 0 Å². The van der Waals surface area contributed by atoms with Crippen LogP contribution in [-0.4, -0.2) is 23.7 Å². The molecule has 0 spiro atoms. The van der Waals surface area contributed by atoms with Crippen LogP contribution in [0, 0.1) is 5.92 Å². The first-order valence-corrected chi connectivity index (χ1v) is 7.26. The van der Waals surface area contributed by atoms with Gasteiger partial charge in [0, 0.05) is 18.3 Å². The van der Waals surface area contributed by atoms with Crippen molar-refractivity contribution in [3.05, 3.63) is 29.3 Å². The van der Waals surface area contributed by atoms with Gasteiger partial charge in [-0.25, -0.2) is 0 Å². The summed E-state index contributed by atoms with van der Waals surface area (Å²) in [6.45, 7) is 2.91. The van der Waals surface area contributed by atoms with Crippen LogP contribution in [0.5, 0.6) is 0 Å². The Kier molecular flexibility index (Phi) is 3.21. The third-order valence-electron chi connectivity index (χ3n) is 4.56. The molecule has 19 heavy (non-hydrogen) atoms. The Hall–Kier alpha value is -1.51. The second kappa shape index (κ2) is 4.87. The number of benzene rings is 1. The normalized spacial score (nSPS) is 19.9. The average molecular weight is 259 g/mol. The largest absolute Gasteiger partial charge is 0.481 e. The molecule has 0 saturated heterocycles. The van der Waals surface area contributed by atoms with E-state index in [0.29, 0.717) is 6.42 Å². The highest BCUT2D eigenvalue weighted by molar-refractivity contribution is 5.70. The van der Waals surface area contributed by atoms with Gasteiger partial charge in [-0.15, -0.1) is 0 Å². The Morgan fingerprint density at radius 3 is 2.89 bits per heavy atom. The van der Waals surface area contributed by atoms with Crippen molar-refractivity contribution in [2.75, 3.05) is 11.4 Å². The average Bonchev–Trinajstić information content (AvgIpc) is 2.70. The van der Waals surface area contributed by atoms with Gasteiger partial charge in [0.1, 0.15) is 0 Å². The van der Waals surface area contributed by atoms with Gasteiger partial charge in [0.2, 0.25) is 0 Å². The summed E-state index contributed by atoms with van der Waals surface area (Å²) in [4.78, 5) is 13.5. The summed E-state index contributed by atoms with van der Waals surface area (Å²) < 4.78 is 0. The predicted molar refractivity (Wildman–Crippen MR) is 75.6 cm³/mol. The third kappa shape index (κ3) is 2.34. The summed E-state index contributed by atoms with van der Waals surface area (Å²) in [5, 5.41) is 9.01. The minimum atomic E-state index is -0.712. The Morgan fingerprint density at radius 1 is 1.47 bits per heavy atom. The number of carbonyl (C=O) groups is 1. The van der Waals surface area contributed by atoms with Crippen LogP contribution in [-0.2, 0) is 17.6 Å². The second-order valence-electron chi connectivity index (χ2n) is 5.93. The zero-order valence-corrected chi connectivity index (χ0v) is 11.4. The Labute approximate surface area is 114 Å². The van der Waals surface area contributed by atoms with Gasteiger partial charge in [-0.1, -0.05) is 19.1 Å². The number of anilines is 1. The van der Waals surface area contributed by atoms with E-state index in [4.69, 9.17) is 5.11 Å². The van der Waals surface area contributed by atoms with Crippen LogP contribution in [0.3, 0.4) is 0 Å². The van der Waals surface area contributed by atoms with Crippen LogP contribution in [0.2, 0.25) is 0 Å². The highest BCUT2D eigenvalue weighted by Gasteiger charge is 2.30. The van der Waals surface area contributed by atoms with Gasteiger partial charge in [0.25, 0.3) is 0 Å². The van der Waals surface area contributed by atoms with E-state index in [0.717, 1.165) is 24.6 Å². The minimum absolute atomic E-state index is 0.309. The van der Waals surface area contributed by atoms with Gasteiger partial charge in [0.05, 0.1) is 5.92 Å². The van der Waals surface area contributed by atoms with E-state index < -0.39 is 5.97 Å². The van der Waals surface area contributed by atoms with Crippen LogP contribution < -0.4 is 4.90 Å². The molecule has 0 bridgehead atoms. The highest BCUT2D eigenvalue weighted by atomic mass is 16.4. The molecule has 1 heterocycles. The molecule has 1 aliphatic heterocycles. The maximum absolute atomic E-state index is 11.0. The molecule has 3 rings (SSSR count). The van der Waals surface area contributed by atoms with Crippen LogP contribution in [0.25, 0.3) is 0 Å². The van der Waals surface area contributed by atoms with E-state index in [1.807, 2.05) is 0 Å². The molecule has 1 unspecified atom stereocenters. The number of carboxylic acids is 1. The fourth-order valence-electron chi connectivity index (χ4n) is 3.10. The number of nitrogens with zero attached hydrogens (tertiary/aromatic N) is 1. The van der Waals surface area contributed by atoms with E-state index in [9.17, 15) is 4.79 Å². The van der Waals surface area contributed by atoms with Crippen molar-refractivity contribution in [2.45, 2.75) is 45.1 Å². The lowest BCUT2D eigenvalue weighted by atomic mass is 9.91. The molecule has 1 aromatic carbocycles. The standard InChI is InChI=1S/C16H21NO2/c1-11(16(18)19)9-12-5-6-13-7-8-17(15(13)10-12)14-3-2-4-14/h5-6,10-11,14H,2-4,7-9H2,1H3,(H,18,19). The predicted octanol–water partition coefficient (Wildman–Crippen LogP) is 2.86. The molecule has 1 atom stereocenters. The molecule has 1 aliphatic carbocycles. The second-order valence-corrected chi connectivity index (χ2v) is 5.93. The lowest BCUT2D eigenvalue weighted by Gasteiger charge is -2.36. The van der Waals surface area contributed by atoms with Crippen molar-refractivity contribution < 1.29 is 9.90 Å². The number of carboxylic acid groups (broad SMARTS) is 1. The van der Waals surface area contributed by atoms with E-state index in [2.05, 4.69) is 23.1 Å². The lowest BCUT2D eigenvalue weighted by Crippen LogP contribution is -2.38. The molecule has 3 nitrogen and oxygen atoms in total. The molecular formula is C16H21NO2. The SMILES string of the molecule is CC(Cc1ccc2c(c1)N(C1CCC1)CC2)C(=O)O. The summed E-state index contributed by atoms with van der Waals surface area (Å²) in [5.74, 6) is -1.02. The Balaban J connectivity index is 1.80. The first kappa shape index (κ1) is 12.5.